The Labute approximate surface area is 120 Å². The number of ether oxygens (including phenoxy) is 1. The number of hydrogen-bond acceptors (Lipinski definition) is 3. The minimum atomic E-state index is 0.365. The molecular formula is C16H34N2O. The fourth-order valence-corrected chi connectivity index (χ4v) is 2.79. The summed E-state index contributed by atoms with van der Waals surface area (Å²) < 4.78 is 5.52. The van der Waals surface area contributed by atoms with Gasteiger partial charge < -0.3 is 15.0 Å². The second-order valence-electron chi connectivity index (χ2n) is 6.10. The summed E-state index contributed by atoms with van der Waals surface area (Å²) in [6, 6.07) is 0. The van der Waals surface area contributed by atoms with E-state index in [4.69, 9.17) is 4.74 Å². The fourth-order valence-electron chi connectivity index (χ4n) is 2.79. The standard InChI is InChI=1S/C16H34N2O/c1-4-6-16-7-11-18(12-8-16)13-10-17-9-5-14-19-15(2)3/h15-17H,4-14H2,1-3H3. The molecule has 0 spiro atoms. The van der Waals surface area contributed by atoms with Gasteiger partial charge in [-0.2, -0.15) is 0 Å². The van der Waals surface area contributed by atoms with E-state index in [9.17, 15) is 0 Å². The molecule has 0 aromatic heterocycles. The predicted octanol–water partition coefficient (Wildman–Crippen LogP) is 2.90. The number of likely N-dealkylation sites (tertiary alicyclic amines) is 1. The molecule has 0 atom stereocenters. The summed E-state index contributed by atoms with van der Waals surface area (Å²) >= 11 is 0. The zero-order valence-electron chi connectivity index (χ0n) is 13.3. The molecule has 1 aliphatic heterocycles. The number of hydrogen-bond donors (Lipinski definition) is 1. The molecule has 1 heterocycles. The Bertz CT molecular complexity index is 201. The van der Waals surface area contributed by atoms with Gasteiger partial charge in [0.25, 0.3) is 0 Å². The summed E-state index contributed by atoms with van der Waals surface area (Å²) in [5, 5.41) is 3.52. The van der Waals surface area contributed by atoms with E-state index < -0.39 is 0 Å². The van der Waals surface area contributed by atoms with Gasteiger partial charge in [0.15, 0.2) is 0 Å². The quantitative estimate of drug-likeness (QED) is 0.618. The molecule has 0 aromatic rings. The number of piperidine rings is 1. The third-order valence-corrected chi connectivity index (χ3v) is 3.96. The molecule has 19 heavy (non-hydrogen) atoms. The van der Waals surface area contributed by atoms with Gasteiger partial charge >= 0.3 is 0 Å². The lowest BCUT2D eigenvalue weighted by atomic mass is 9.92. The van der Waals surface area contributed by atoms with Gasteiger partial charge in [-0.3, -0.25) is 0 Å². The Morgan fingerprint density at radius 2 is 1.95 bits per heavy atom. The summed E-state index contributed by atoms with van der Waals surface area (Å²) in [6.45, 7) is 13.4. The van der Waals surface area contributed by atoms with Crippen molar-refractivity contribution in [3.05, 3.63) is 0 Å². The molecule has 1 saturated heterocycles. The third-order valence-electron chi connectivity index (χ3n) is 3.96. The first-order valence-corrected chi connectivity index (χ1v) is 8.27. The highest BCUT2D eigenvalue weighted by molar-refractivity contribution is 4.72. The van der Waals surface area contributed by atoms with Gasteiger partial charge in [0.1, 0.15) is 0 Å². The summed E-state index contributed by atoms with van der Waals surface area (Å²) in [6.07, 6.45) is 7.10. The van der Waals surface area contributed by atoms with Gasteiger partial charge in [-0.25, -0.2) is 0 Å². The molecule has 1 aliphatic rings. The molecule has 0 saturated carbocycles. The van der Waals surface area contributed by atoms with E-state index >= 15 is 0 Å². The van der Waals surface area contributed by atoms with Crippen molar-refractivity contribution in [3.8, 4) is 0 Å². The molecule has 0 aliphatic carbocycles. The first-order chi connectivity index (χ1) is 9.22. The van der Waals surface area contributed by atoms with Gasteiger partial charge in [0.05, 0.1) is 6.10 Å². The molecule has 0 bridgehead atoms. The van der Waals surface area contributed by atoms with Crippen LogP contribution in [0, 0.1) is 5.92 Å². The van der Waals surface area contributed by atoms with Crippen LogP contribution >= 0.6 is 0 Å². The van der Waals surface area contributed by atoms with Crippen molar-refractivity contribution in [2.24, 2.45) is 5.92 Å². The molecule has 1 fully saturated rings. The summed E-state index contributed by atoms with van der Waals surface area (Å²) in [7, 11) is 0. The second-order valence-corrected chi connectivity index (χ2v) is 6.10. The average Bonchev–Trinajstić information content (AvgIpc) is 2.39. The van der Waals surface area contributed by atoms with Gasteiger partial charge in [-0.1, -0.05) is 19.8 Å². The van der Waals surface area contributed by atoms with E-state index in [1.165, 1.54) is 45.3 Å². The van der Waals surface area contributed by atoms with Crippen molar-refractivity contribution in [2.45, 2.75) is 59.0 Å². The Morgan fingerprint density at radius 3 is 2.58 bits per heavy atom. The molecule has 1 N–H and O–H groups in total. The lowest BCUT2D eigenvalue weighted by Crippen LogP contribution is -2.38. The van der Waals surface area contributed by atoms with Gasteiger partial charge in [-0.15, -0.1) is 0 Å². The van der Waals surface area contributed by atoms with Crippen LogP contribution in [0.3, 0.4) is 0 Å². The van der Waals surface area contributed by atoms with Crippen LogP contribution in [0.4, 0.5) is 0 Å². The molecule has 0 amide bonds. The van der Waals surface area contributed by atoms with Crippen LogP contribution in [0.5, 0.6) is 0 Å². The Hall–Kier alpha value is -0.120. The molecule has 114 valence electrons. The average molecular weight is 270 g/mol. The lowest BCUT2D eigenvalue weighted by Gasteiger charge is -2.31. The predicted molar refractivity (Wildman–Crippen MR) is 82.6 cm³/mol. The summed E-state index contributed by atoms with van der Waals surface area (Å²) in [4.78, 5) is 2.61. The second kappa shape index (κ2) is 10.6. The van der Waals surface area contributed by atoms with Crippen LogP contribution in [-0.2, 0) is 4.74 Å². The first kappa shape index (κ1) is 16.9. The monoisotopic (exact) mass is 270 g/mol. The maximum Gasteiger partial charge on any atom is 0.0518 e. The fraction of sp³-hybridized carbons (Fsp3) is 1.00. The van der Waals surface area contributed by atoms with Crippen LogP contribution in [0.1, 0.15) is 52.9 Å². The molecule has 1 rings (SSSR count). The topological polar surface area (TPSA) is 24.5 Å². The lowest BCUT2D eigenvalue weighted by molar-refractivity contribution is 0.0769. The highest BCUT2D eigenvalue weighted by atomic mass is 16.5. The first-order valence-electron chi connectivity index (χ1n) is 8.27. The minimum Gasteiger partial charge on any atom is -0.379 e. The van der Waals surface area contributed by atoms with E-state index in [1.54, 1.807) is 0 Å². The van der Waals surface area contributed by atoms with Crippen molar-refractivity contribution >= 4 is 0 Å². The summed E-state index contributed by atoms with van der Waals surface area (Å²) in [5.74, 6) is 1.00. The van der Waals surface area contributed by atoms with Crippen LogP contribution in [0.15, 0.2) is 0 Å². The molecular weight excluding hydrogens is 236 g/mol. The number of rotatable bonds is 10. The van der Waals surface area contributed by atoms with Crippen molar-refractivity contribution < 1.29 is 4.74 Å². The molecule has 0 unspecified atom stereocenters. The van der Waals surface area contributed by atoms with Crippen LogP contribution in [0.25, 0.3) is 0 Å². The van der Waals surface area contributed by atoms with E-state index in [0.717, 1.165) is 32.0 Å². The maximum atomic E-state index is 5.52. The Balaban J connectivity index is 1.88. The number of nitrogens with zero attached hydrogens (tertiary/aromatic N) is 1. The number of nitrogens with one attached hydrogen (secondary N) is 1. The molecule has 0 aromatic carbocycles. The minimum absolute atomic E-state index is 0.365. The highest BCUT2D eigenvalue weighted by Crippen LogP contribution is 2.21. The van der Waals surface area contributed by atoms with Gasteiger partial charge in [-0.05, 0) is 58.7 Å². The van der Waals surface area contributed by atoms with Crippen LogP contribution in [-0.4, -0.2) is 50.3 Å². The smallest absolute Gasteiger partial charge is 0.0518 e. The van der Waals surface area contributed by atoms with E-state index in [0.29, 0.717) is 6.10 Å². The van der Waals surface area contributed by atoms with E-state index in [2.05, 4.69) is 31.0 Å². The van der Waals surface area contributed by atoms with Crippen molar-refractivity contribution in [3.63, 3.8) is 0 Å². The largest absolute Gasteiger partial charge is 0.379 e. The molecule has 3 heteroatoms. The van der Waals surface area contributed by atoms with Crippen molar-refractivity contribution in [1.29, 1.82) is 0 Å². The van der Waals surface area contributed by atoms with Crippen molar-refractivity contribution in [2.75, 3.05) is 39.3 Å². The normalized spacial score (nSPS) is 18.3. The highest BCUT2D eigenvalue weighted by Gasteiger charge is 2.17. The van der Waals surface area contributed by atoms with Gasteiger partial charge in [0, 0.05) is 19.7 Å². The van der Waals surface area contributed by atoms with E-state index in [-0.39, 0.29) is 0 Å². The van der Waals surface area contributed by atoms with E-state index in [1.807, 2.05) is 0 Å². The van der Waals surface area contributed by atoms with Crippen LogP contribution < -0.4 is 5.32 Å². The maximum absolute atomic E-state index is 5.52. The Morgan fingerprint density at radius 1 is 1.21 bits per heavy atom. The molecule has 3 nitrogen and oxygen atoms in total. The zero-order chi connectivity index (χ0) is 13.9. The summed E-state index contributed by atoms with van der Waals surface area (Å²) in [5.41, 5.74) is 0. The third kappa shape index (κ3) is 8.61. The Kier molecular flexibility index (Phi) is 9.48. The SMILES string of the molecule is CCCC1CCN(CCNCCCOC(C)C)CC1. The van der Waals surface area contributed by atoms with Crippen molar-refractivity contribution in [1.82, 2.24) is 10.2 Å². The van der Waals surface area contributed by atoms with Crippen LogP contribution in [0.2, 0.25) is 0 Å². The zero-order valence-corrected chi connectivity index (χ0v) is 13.3. The molecule has 0 radical (unpaired) electrons. The van der Waals surface area contributed by atoms with Gasteiger partial charge in [0.2, 0.25) is 0 Å².